The van der Waals surface area contributed by atoms with Crippen molar-refractivity contribution in [1.29, 1.82) is 0 Å². The number of benzene rings is 1. The number of hydrogen-bond donors (Lipinski definition) is 2. The fourth-order valence-corrected chi connectivity index (χ4v) is 2.08. The lowest BCUT2D eigenvalue weighted by Gasteiger charge is -2.10. The molecule has 86 valence electrons. The summed E-state index contributed by atoms with van der Waals surface area (Å²) in [5.74, 6) is -0.398. The van der Waals surface area contributed by atoms with Crippen molar-refractivity contribution in [2.75, 3.05) is 10.6 Å². The van der Waals surface area contributed by atoms with E-state index in [0.717, 1.165) is 0 Å². The van der Waals surface area contributed by atoms with Crippen LogP contribution in [-0.4, -0.2) is 11.8 Å². The van der Waals surface area contributed by atoms with Crippen LogP contribution in [0, 0.1) is 0 Å². The van der Waals surface area contributed by atoms with Gasteiger partial charge in [-0.05, 0) is 28.1 Å². The molecule has 0 bridgehead atoms. The van der Waals surface area contributed by atoms with Crippen molar-refractivity contribution in [3.63, 3.8) is 0 Å². The van der Waals surface area contributed by atoms with E-state index in [1.165, 1.54) is 13.8 Å². The Hall–Kier alpha value is -1.07. The number of nitrogens with one attached hydrogen (secondary N) is 2. The van der Waals surface area contributed by atoms with Gasteiger partial charge in [0, 0.05) is 24.0 Å². The Labute approximate surface area is 106 Å². The van der Waals surface area contributed by atoms with Crippen LogP contribution in [-0.2, 0) is 9.59 Å². The second-order valence-electron chi connectivity index (χ2n) is 3.18. The van der Waals surface area contributed by atoms with Crippen LogP contribution >= 0.6 is 27.5 Å². The largest absolute Gasteiger partial charge is 0.326 e. The van der Waals surface area contributed by atoms with Crippen LogP contribution in [0.2, 0.25) is 5.02 Å². The maximum atomic E-state index is 10.9. The Bertz CT molecular complexity index is 425. The summed E-state index contributed by atoms with van der Waals surface area (Å²) >= 11 is 9.23. The van der Waals surface area contributed by atoms with E-state index in [1.54, 1.807) is 12.1 Å². The number of anilines is 2. The lowest BCUT2D eigenvalue weighted by atomic mass is 10.2. The summed E-state index contributed by atoms with van der Waals surface area (Å²) in [4.78, 5) is 21.8. The van der Waals surface area contributed by atoms with E-state index in [2.05, 4.69) is 26.6 Å². The maximum Gasteiger partial charge on any atom is 0.221 e. The molecule has 2 N–H and O–H groups in total. The molecule has 0 aliphatic heterocycles. The van der Waals surface area contributed by atoms with Gasteiger partial charge in [0.2, 0.25) is 11.8 Å². The van der Waals surface area contributed by atoms with Crippen molar-refractivity contribution < 1.29 is 9.59 Å². The topological polar surface area (TPSA) is 58.2 Å². The van der Waals surface area contributed by atoms with Crippen LogP contribution in [0.1, 0.15) is 13.8 Å². The van der Waals surface area contributed by atoms with Gasteiger partial charge in [-0.15, -0.1) is 0 Å². The smallest absolute Gasteiger partial charge is 0.221 e. The van der Waals surface area contributed by atoms with Crippen LogP contribution in [0.5, 0.6) is 0 Å². The molecule has 0 heterocycles. The van der Waals surface area contributed by atoms with Gasteiger partial charge in [0.15, 0.2) is 0 Å². The number of carbonyl (C=O) groups excluding carboxylic acids is 2. The number of rotatable bonds is 2. The second-order valence-corrected chi connectivity index (χ2v) is 4.44. The summed E-state index contributed by atoms with van der Waals surface area (Å²) in [6.07, 6.45) is 0. The van der Waals surface area contributed by atoms with Gasteiger partial charge in [0.05, 0.1) is 10.7 Å². The molecule has 0 fully saturated rings. The van der Waals surface area contributed by atoms with E-state index in [-0.39, 0.29) is 11.8 Å². The van der Waals surface area contributed by atoms with Crippen molar-refractivity contribution >= 4 is 50.7 Å². The average molecular weight is 306 g/mol. The monoisotopic (exact) mass is 304 g/mol. The van der Waals surface area contributed by atoms with Crippen molar-refractivity contribution in [3.8, 4) is 0 Å². The first-order valence-electron chi connectivity index (χ1n) is 4.44. The van der Waals surface area contributed by atoms with Gasteiger partial charge in [-0.1, -0.05) is 11.6 Å². The van der Waals surface area contributed by atoms with Crippen LogP contribution in [0.3, 0.4) is 0 Å². The molecule has 0 aromatic heterocycles. The highest BCUT2D eigenvalue weighted by Gasteiger charge is 2.09. The highest BCUT2D eigenvalue weighted by Crippen LogP contribution is 2.34. The zero-order chi connectivity index (χ0) is 12.3. The first-order valence-corrected chi connectivity index (χ1v) is 5.61. The van der Waals surface area contributed by atoms with Gasteiger partial charge in [-0.25, -0.2) is 0 Å². The molecule has 0 spiro atoms. The molecule has 4 nitrogen and oxygen atoms in total. The molecule has 0 aliphatic rings. The van der Waals surface area contributed by atoms with Crippen LogP contribution in [0.4, 0.5) is 11.4 Å². The van der Waals surface area contributed by atoms with Crippen LogP contribution < -0.4 is 10.6 Å². The molecule has 1 aromatic rings. The molecule has 0 aliphatic carbocycles. The van der Waals surface area contributed by atoms with Crippen molar-refractivity contribution in [2.24, 2.45) is 0 Å². The van der Waals surface area contributed by atoms with E-state index < -0.39 is 0 Å². The van der Waals surface area contributed by atoms with Crippen molar-refractivity contribution in [1.82, 2.24) is 0 Å². The minimum atomic E-state index is -0.213. The minimum absolute atomic E-state index is 0.185. The molecule has 0 atom stereocenters. The van der Waals surface area contributed by atoms with Crippen molar-refractivity contribution in [3.05, 3.63) is 21.6 Å². The predicted octanol–water partition coefficient (Wildman–Crippen LogP) is 3.02. The fourth-order valence-electron chi connectivity index (χ4n) is 1.14. The van der Waals surface area contributed by atoms with E-state index in [9.17, 15) is 9.59 Å². The number of amides is 2. The molecule has 1 rings (SSSR count). The van der Waals surface area contributed by atoms with E-state index in [1.807, 2.05) is 0 Å². The normalized spacial score (nSPS) is 9.75. The predicted molar refractivity (Wildman–Crippen MR) is 67.8 cm³/mol. The molecule has 1 aromatic carbocycles. The fraction of sp³-hybridized carbons (Fsp3) is 0.200. The Balaban J connectivity index is 3.06. The lowest BCUT2D eigenvalue weighted by molar-refractivity contribution is -0.115. The third kappa shape index (κ3) is 3.50. The molecule has 6 heteroatoms. The van der Waals surface area contributed by atoms with Crippen LogP contribution in [0.15, 0.2) is 16.6 Å². The highest BCUT2D eigenvalue weighted by atomic mass is 79.9. The molecule has 16 heavy (non-hydrogen) atoms. The van der Waals surface area contributed by atoms with E-state index in [4.69, 9.17) is 11.6 Å². The third-order valence-corrected chi connectivity index (χ3v) is 2.59. The van der Waals surface area contributed by atoms with Gasteiger partial charge in [-0.3, -0.25) is 9.59 Å². The molecular weight excluding hydrogens is 295 g/mol. The van der Waals surface area contributed by atoms with Crippen molar-refractivity contribution in [2.45, 2.75) is 13.8 Å². The summed E-state index contributed by atoms with van der Waals surface area (Å²) in [5, 5.41) is 5.55. The number of carbonyl (C=O) groups is 2. The first kappa shape index (κ1) is 13.0. The van der Waals surface area contributed by atoms with E-state index in [0.29, 0.717) is 20.9 Å². The Morgan fingerprint density at radius 1 is 1.19 bits per heavy atom. The quantitative estimate of drug-likeness (QED) is 0.882. The van der Waals surface area contributed by atoms with Gasteiger partial charge in [0.25, 0.3) is 0 Å². The van der Waals surface area contributed by atoms with E-state index >= 15 is 0 Å². The molecule has 0 unspecified atom stereocenters. The Kier molecular flexibility index (Phi) is 4.32. The summed E-state index contributed by atoms with van der Waals surface area (Å²) in [5.41, 5.74) is 1.06. The second kappa shape index (κ2) is 5.32. The number of halogens is 2. The van der Waals surface area contributed by atoms with Crippen LogP contribution in [0.25, 0.3) is 0 Å². The Morgan fingerprint density at radius 2 is 1.75 bits per heavy atom. The van der Waals surface area contributed by atoms with Gasteiger partial charge in [-0.2, -0.15) is 0 Å². The lowest BCUT2D eigenvalue weighted by Crippen LogP contribution is -2.09. The zero-order valence-electron chi connectivity index (χ0n) is 8.73. The summed E-state index contributed by atoms with van der Waals surface area (Å²) < 4.78 is 0.610. The van der Waals surface area contributed by atoms with Gasteiger partial charge < -0.3 is 10.6 Å². The summed E-state index contributed by atoms with van der Waals surface area (Å²) in [6, 6.07) is 3.23. The SMILES string of the molecule is CC(=O)Nc1cc(Cl)c(NC(C)=O)c(Br)c1. The summed E-state index contributed by atoms with van der Waals surface area (Å²) in [7, 11) is 0. The average Bonchev–Trinajstić information content (AvgIpc) is 2.10. The molecule has 0 radical (unpaired) electrons. The standard InChI is InChI=1S/C10H10BrClN2O2/c1-5(15)13-7-3-8(11)10(9(12)4-7)14-6(2)16/h3-4H,1-2H3,(H,13,15)(H,14,16). The molecule has 0 saturated carbocycles. The third-order valence-electron chi connectivity index (χ3n) is 1.66. The maximum absolute atomic E-state index is 10.9. The highest BCUT2D eigenvalue weighted by molar-refractivity contribution is 9.10. The molecule has 2 amide bonds. The zero-order valence-corrected chi connectivity index (χ0v) is 11.1. The first-order chi connectivity index (χ1) is 7.40. The summed E-state index contributed by atoms with van der Waals surface area (Å²) in [6.45, 7) is 2.80. The molecular formula is C10H10BrClN2O2. The Morgan fingerprint density at radius 3 is 2.19 bits per heavy atom. The molecule has 0 saturated heterocycles. The van der Waals surface area contributed by atoms with Gasteiger partial charge >= 0.3 is 0 Å². The number of hydrogen-bond acceptors (Lipinski definition) is 2. The van der Waals surface area contributed by atoms with Gasteiger partial charge in [0.1, 0.15) is 0 Å². The minimum Gasteiger partial charge on any atom is -0.326 e.